The highest BCUT2D eigenvalue weighted by atomic mass is 16.2. The van der Waals surface area contributed by atoms with Gasteiger partial charge in [-0.3, -0.25) is 9.59 Å². The number of carbonyl (C=O) groups excluding carboxylic acids is 2. The second kappa shape index (κ2) is 2.61. The molecule has 0 radical (unpaired) electrons. The number of carbonyl (C=O) groups is 2. The summed E-state index contributed by atoms with van der Waals surface area (Å²) in [5.41, 5.74) is 0.00181. The second-order valence-electron chi connectivity index (χ2n) is 3.61. The van der Waals surface area contributed by atoms with Crippen LogP contribution < -0.4 is 0 Å². The molecule has 2 nitrogen and oxygen atoms in total. The van der Waals surface area contributed by atoms with Crippen molar-refractivity contribution in [2.75, 3.05) is 0 Å². The first-order chi connectivity index (χ1) is 5.01. The molecule has 0 unspecified atom stereocenters. The first-order valence-corrected chi connectivity index (χ1v) is 3.78. The van der Waals surface area contributed by atoms with Crippen molar-refractivity contribution in [2.24, 2.45) is 5.41 Å². The SMILES string of the molecule is CC1(C)C=CC(=O)C(=O)CC1. The molecule has 2 heteroatoms. The van der Waals surface area contributed by atoms with Gasteiger partial charge in [-0.05, 0) is 17.9 Å². The summed E-state index contributed by atoms with van der Waals surface area (Å²) in [4.78, 5) is 21.8. The third kappa shape index (κ3) is 2.00. The molecule has 0 heterocycles. The molecule has 0 aliphatic heterocycles. The summed E-state index contributed by atoms with van der Waals surface area (Å²) in [5, 5.41) is 0. The van der Waals surface area contributed by atoms with Crippen LogP contribution in [0, 0.1) is 5.41 Å². The van der Waals surface area contributed by atoms with Crippen LogP contribution in [0.1, 0.15) is 26.7 Å². The Balaban J connectivity index is 2.83. The Hall–Kier alpha value is -0.920. The Kier molecular flexibility index (Phi) is 1.94. The van der Waals surface area contributed by atoms with Crippen molar-refractivity contribution in [3.05, 3.63) is 12.2 Å². The molecule has 0 aromatic rings. The van der Waals surface area contributed by atoms with Crippen molar-refractivity contribution in [3.8, 4) is 0 Å². The highest BCUT2D eigenvalue weighted by Crippen LogP contribution is 2.26. The number of hydrogen-bond donors (Lipinski definition) is 0. The number of hydrogen-bond acceptors (Lipinski definition) is 2. The van der Waals surface area contributed by atoms with E-state index in [2.05, 4.69) is 0 Å². The fourth-order valence-corrected chi connectivity index (χ4v) is 1.04. The monoisotopic (exact) mass is 152 g/mol. The third-order valence-electron chi connectivity index (χ3n) is 1.96. The van der Waals surface area contributed by atoms with E-state index in [1.54, 1.807) is 0 Å². The summed E-state index contributed by atoms with van der Waals surface area (Å²) in [6.07, 6.45) is 4.38. The summed E-state index contributed by atoms with van der Waals surface area (Å²) in [7, 11) is 0. The zero-order valence-corrected chi connectivity index (χ0v) is 6.89. The Morgan fingerprint density at radius 2 is 2.00 bits per heavy atom. The van der Waals surface area contributed by atoms with Gasteiger partial charge in [-0.15, -0.1) is 0 Å². The van der Waals surface area contributed by atoms with Crippen molar-refractivity contribution in [1.82, 2.24) is 0 Å². The van der Waals surface area contributed by atoms with Gasteiger partial charge in [-0.25, -0.2) is 0 Å². The number of allylic oxidation sites excluding steroid dienone is 2. The molecule has 0 N–H and O–H groups in total. The van der Waals surface area contributed by atoms with E-state index < -0.39 is 0 Å². The Labute approximate surface area is 66.3 Å². The molecule has 0 amide bonds. The van der Waals surface area contributed by atoms with Gasteiger partial charge in [0.25, 0.3) is 0 Å². The molecule has 0 aromatic heterocycles. The van der Waals surface area contributed by atoms with Gasteiger partial charge in [0.05, 0.1) is 0 Å². The van der Waals surface area contributed by atoms with Gasteiger partial charge < -0.3 is 0 Å². The lowest BCUT2D eigenvalue weighted by Gasteiger charge is -2.16. The van der Waals surface area contributed by atoms with Crippen LogP contribution in [0.2, 0.25) is 0 Å². The van der Waals surface area contributed by atoms with Crippen LogP contribution in [0.25, 0.3) is 0 Å². The van der Waals surface area contributed by atoms with Crippen molar-refractivity contribution >= 4 is 11.6 Å². The van der Waals surface area contributed by atoms with Crippen LogP contribution in [-0.2, 0) is 9.59 Å². The van der Waals surface area contributed by atoms with Gasteiger partial charge in [-0.2, -0.15) is 0 Å². The lowest BCUT2D eigenvalue weighted by atomic mass is 9.88. The van der Waals surface area contributed by atoms with Crippen LogP contribution in [0.3, 0.4) is 0 Å². The molecule has 11 heavy (non-hydrogen) atoms. The molecular formula is C9H12O2. The first kappa shape index (κ1) is 8.18. The van der Waals surface area contributed by atoms with Gasteiger partial charge in [0, 0.05) is 6.42 Å². The summed E-state index contributed by atoms with van der Waals surface area (Å²) in [6.45, 7) is 4.05. The maximum absolute atomic E-state index is 10.9. The molecule has 0 atom stereocenters. The fraction of sp³-hybridized carbons (Fsp3) is 0.556. The van der Waals surface area contributed by atoms with Gasteiger partial charge in [0.2, 0.25) is 11.6 Å². The number of ketones is 2. The predicted octanol–water partition coefficient (Wildman–Crippen LogP) is 1.50. The molecule has 1 rings (SSSR count). The lowest BCUT2D eigenvalue weighted by Crippen LogP contribution is -2.10. The van der Waals surface area contributed by atoms with Crippen LogP contribution in [-0.4, -0.2) is 11.6 Å². The molecule has 0 fully saturated rings. The molecule has 0 saturated carbocycles. The van der Waals surface area contributed by atoms with Crippen LogP contribution in [0.15, 0.2) is 12.2 Å². The summed E-state index contributed by atoms with van der Waals surface area (Å²) >= 11 is 0. The van der Waals surface area contributed by atoms with Crippen LogP contribution in [0.5, 0.6) is 0 Å². The largest absolute Gasteiger partial charge is 0.291 e. The molecule has 0 bridgehead atoms. The van der Waals surface area contributed by atoms with E-state index in [0.29, 0.717) is 6.42 Å². The smallest absolute Gasteiger partial charge is 0.221 e. The van der Waals surface area contributed by atoms with Gasteiger partial charge in [0.15, 0.2) is 0 Å². The number of rotatable bonds is 0. The normalized spacial score (nSPS) is 23.5. The molecule has 0 aromatic carbocycles. The van der Waals surface area contributed by atoms with Crippen molar-refractivity contribution in [1.29, 1.82) is 0 Å². The molecule has 0 saturated heterocycles. The lowest BCUT2D eigenvalue weighted by molar-refractivity contribution is -0.133. The van der Waals surface area contributed by atoms with Crippen LogP contribution in [0.4, 0.5) is 0 Å². The highest BCUT2D eigenvalue weighted by Gasteiger charge is 2.22. The van der Waals surface area contributed by atoms with Gasteiger partial charge in [0.1, 0.15) is 0 Å². The molecular weight excluding hydrogens is 140 g/mol. The average Bonchev–Trinajstić information content (AvgIpc) is 2.03. The minimum absolute atomic E-state index is 0.00181. The predicted molar refractivity (Wildman–Crippen MR) is 42.2 cm³/mol. The van der Waals surface area contributed by atoms with Gasteiger partial charge >= 0.3 is 0 Å². The molecule has 1 aliphatic rings. The van der Waals surface area contributed by atoms with E-state index in [1.807, 2.05) is 19.9 Å². The Morgan fingerprint density at radius 3 is 2.64 bits per heavy atom. The van der Waals surface area contributed by atoms with E-state index in [1.165, 1.54) is 6.08 Å². The molecule has 60 valence electrons. The average molecular weight is 152 g/mol. The van der Waals surface area contributed by atoms with Crippen molar-refractivity contribution < 1.29 is 9.59 Å². The van der Waals surface area contributed by atoms with E-state index >= 15 is 0 Å². The van der Waals surface area contributed by atoms with Crippen molar-refractivity contribution in [3.63, 3.8) is 0 Å². The van der Waals surface area contributed by atoms with E-state index in [4.69, 9.17) is 0 Å². The zero-order chi connectivity index (χ0) is 8.48. The van der Waals surface area contributed by atoms with E-state index in [9.17, 15) is 9.59 Å². The topological polar surface area (TPSA) is 34.1 Å². The minimum Gasteiger partial charge on any atom is -0.291 e. The Bertz CT molecular complexity index is 224. The maximum atomic E-state index is 10.9. The third-order valence-corrected chi connectivity index (χ3v) is 1.96. The minimum atomic E-state index is -0.351. The fourth-order valence-electron chi connectivity index (χ4n) is 1.04. The highest BCUT2D eigenvalue weighted by molar-refractivity contribution is 6.41. The standard InChI is InChI=1S/C9H12O2/c1-9(2)5-3-7(10)8(11)4-6-9/h3,5H,4,6H2,1-2H3. The summed E-state index contributed by atoms with van der Waals surface area (Å²) in [5.74, 6) is -0.609. The number of Topliss-reactive ketones (excluding diaryl/α,β-unsaturated/α-hetero) is 1. The molecule has 0 spiro atoms. The summed E-state index contributed by atoms with van der Waals surface area (Å²) in [6, 6.07) is 0. The quantitative estimate of drug-likeness (QED) is 0.493. The van der Waals surface area contributed by atoms with E-state index in [-0.39, 0.29) is 17.0 Å². The van der Waals surface area contributed by atoms with Gasteiger partial charge in [-0.1, -0.05) is 19.9 Å². The summed E-state index contributed by atoms with van der Waals surface area (Å²) < 4.78 is 0. The zero-order valence-electron chi connectivity index (χ0n) is 6.89. The van der Waals surface area contributed by atoms with E-state index in [0.717, 1.165) is 6.42 Å². The van der Waals surface area contributed by atoms with Crippen LogP contribution >= 0.6 is 0 Å². The Morgan fingerprint density at radius 1 is 1.36 bits per heavy atom. The van der Waals surface area contributed by atoms with Crippen molar-refractivity contribution in [2.45, 2.75) is 26.7 Å². The maximum Gasteiger partial charge on any atom is 0.221 e. The first-order valence-electron chi connectivity index (χ1n) is 3.78. The molecule has 1 aliphatic carbocycles. The second-order valence-corrected chi connectivity index (χ2v) is 3.61.